The van der Waals surface area contributed by atoms with Crippen molar-refractivity contribution in [1.29, 1.82) is 0 Å². The van der Waals surface area contributed by atoms with Gasteiger partial charge in [0, 0.05) is 32.1 Å². The van der Waals surface area contributed by atoms with Crippen LogP contribution in [0.1, 0.15) is 17.5 Å². The Morgan fingerprint density at radius 3 is 2.00 bits per heavy atom. The van der Waals surface area contributed by atoms with Crippen LogP contribution < -0.4 is 5.32 Å². The molecule has 1 fully saturated rings. The van der Waals surface area contributed by atoms with Crippen molar-refractivity contribution in [3.05, 3.63) is 71.8 Å². The number of aliphatic hydroxyl groups is 1. The lowest BCUT2D eigenvalue weighted by Crippen LogP contribution is -2.45. The first kappa shape index (κ1) is 16.2. The van der Waals surface area contributed by atoms with Gasteiger partial charge >= 0.3 is 0 Å². The van der Waals surface area contributed by atoms with Crippen LogP contribution in [-0.4, -0.2) is 35.7 Å². The van der Waals surface area contributed by atoms with E-state index < -0.39 is 0 Å². The molecule has 0 bridgehead atoms. The topological polar surface area (TPSA) is 35.5 Å². The van der Waals surface area contributed by atoms with Crippen LogP contribution in [0.15, 0.2) is 60.7 Å². The molecule has 2 atom stereocenters. The van der Waals surface area contributed by atoms with Crippen molar-refractivity contribution in [2.45, 2.75) is 25.6 Å². The summed E-state index contributed by atoms with van der Waals surface area (Å²) in [5, 5.41) is 13.5. The van der Waals surface area contributed by atoms with Crippen molar-refractivity contribution in [3.63, 3.8) is 0 Å². The van der Waals surface area contributed by atoms with Crippen LogP contribution in [0.2, 0.25) is 0 Å². The highest BCUT2D eigenvalue weighted by molar-refractivity contribution is 5.17. The number of nitrogens with one attached hydrogen (secondary N) is 1. The zero-order valence-corrected chi connectivity index (χ0v) is 13.6. The summed E-state index contributed by atoms with van der Waals surface area (Å²) in [6.07, 6.45) is 0.805. The van der Waals surface area contributed by atoms with E-state index in [2.05, 4.69) is 70.9 Å². The Balaban J connectivity index is 1.69. The summed E-state index contributed by atoms with van der Waals surface area (Å²) in [4.78, 5) is 2.46. The van der Waals surface area contributed by atoms with Crippen molar-refractivity contribution >= 4 is 0 Å². The maximum atomic E-state index is 10.3. The first-order valence-corrected chi connectivity index (χ1v) is 8.50. The first-order chi connectivity index (χ1) is 11.3. The standard InChI is InChI=1S/C20H26N2O/c23-20-13-21-12-11-19(20)16-22(14-17-7-3-1-4-8-17)15-18-9-5-2-6-10-18/h1-10,19-21,23H,11-16H2/t19-,20?/m0/s1. The Morgan fingerprint density at radius 2 is 1.48 bits per heavy atom. The Labute approximate surface area is 139 Å². The fourth-order valence-electron chi connectivity index (χ4n) is 3.31. The third kappa shape index (κ3) is 4.90. The number of piperidine rings is 1. The average molecular weight is 310 g/mol. The maximum Gasteiger partial charge on any atom is 0.0705 e. The second-order valence-electron chi connectivity index (χ2n) is 6.46. The molecule has 23 heavy (non-hydrogen) atoms. The summed E-state index contributed by atoms with van der Waals surface area (Å²) in [6, 6.07) is 21.2. The molecule has 122 valence electrons. The number of aliphatic hydroxyl groups excluding tert-OH is 1. The summed E-state index contributed by atoms with van der Waals surface area (Å²) in [5.41, 5.74) is 2.65. The van der Waals surface area contributed by atoms with Crippen molar-refractivity contribution in [1.82, 2.24) is 10.2 Å². The Morgan fingerprint density at radius 1 is 0.913 bits per heavy atom. The van der Waals surface area contributed by atoms with Gasteiger partial charge in [0.1, 0.15) is 0 Å². The molecule has 1 heterocycles. The normalized spacial score (nSPS) is 21.5. The zero-order valence-electron chi connectivity index (χ0n) is 13.6. The van der Waals surface area contributed by atoms with Crippen molar-refractivity contribution in [2.75, 3.05) is 19.6 Å². The lowest BCUT2D eigenvalue weighted by atomic mass is 9.94. The summed E-state index contributed by atoms with van der Waals surface area (Å²) >= 11 is 0. The first-order valence-electron chi connectivity index (χ1n) is 8.50. The highest BCUT2D eigenvalue weighted by atomic mass is 16.3. The number of hydrogen-bond donors (Lipinski definition) is 2. The van der Waals surface area contributed by atoms with Gasteiger partial charge in [-0.3, -0.25) is 4.90 Å². The van der Waals surface area contributed by atoms with Crippen molar-refractivity contribution < 1.29 is 5.11 Å². The molecule has 3 heteroatoms. The molecule has 2 aromatic rings. The van der Waals surface area contributed by atoms with Gasteiger partial charge in [0.25, 0.3) is 0 Å². The van der Waals surface area contributed by atoms with Gasteiger partial charge in [0.05, 0.1) is 6.10 Å². The smallest absolute Gasteiger partial charge is 0.0705 e. The number of benzene rings is 2. The number of hydrogen-bond acceptors (Lipinski definition) is 3. The van der Waals surface area contributed by atoms with Gasteiger partial charge in [-0.25, -0.2) is 0 Å². The Bertz CT molecular complexity index is 531. The summed E-state index contributed by atoms with van der Waals surface area (Å²) in [6.45, 7) is 4.51. The number of nitrogens with zero attached hydrogens (tertiary/aromatic N) is 1. The van der Waals surface area contributed by atoms with Gasteiger partial charge in [-0.15, -0.1) is 0 Å². The maximum absolute atomic E-state index is 10.3. The van der Waals surface area contributed by atoms with E-state index in [1.54, 1.807) is 0 Å². The second kappa shape index (κ2) is 8.25. The minimum absolute atomic E-state index is 0.238. The van der Waals surface area contributed by atoms with Gasteiger partial charge < -0.3 is 10.4 Å². The van der Waals surface area contributed by atoms with Crippen LogP contribution in [0.25, 0.3) is 0 Å². The third-order valence-electron chi connectivity index (χ3n) is 4.58. The van der Waals surface area contributed by atoms with E-state index in [0.717, 1.165) is 39.1 Å². The van der Waals surface area contributed by atoms with Crippen LogP contribution in [0, 0.1) is 5.92 Å². The molecule has 0 amide bonds. The lowest BCUT2D eigenvalue weighted by molar-refractivity contribution is 0.0529. The fourth-order valence-corrected chi connectivity index (χ4v) is 3.31. The van der Waals surface area contributed by atoms with Crippen molar-refractivity contribution in [3.8, 4) is 0 Å². The van der Waals surface area contributed by atoms with E-state index in [9.17, 15) is 5.11 Å². The average Bonchev–Trinajstić information content (AvgIpc) is 2.59. The predicted octanol–water partition coefficient (Wildman–Crippen LogP) is 2.66. The highest BCUT2D eigenvalue weighted by Gasteiger charge is 2.25. The molecule has 3 rings (SSSR count). The molecule has 3 nitrogen and oxygen atoms in total. The molecule has 0 aromatic heterocycles. The molecule has 0 saturated carbocycles. The summed E-state index contributed by atoms with van der Waals surface area (Å²) < 4.78 is 0. The molecular weight excluding hydrogens is 284 g/mol. The van der Waals surface area contributed by atoms with Gasteiger partial charge in [-0.2, -0.15) is 0 Å². The van der Waals surface area contributed by atoms with Crippen LogP contribution in [0.5, 0.6) is 0 Å². The zero-order chi connectivity index (χ0) is 15.9. The molecule has 2 N–H and O–H groups in total. The van der Waals surface area contributed by atoms with Crippen LogP contribution >= 0.6 is 0 Å². The van der Waals surface area contributed by atoms with Crippen LogP contribution in [0.3, 0.4) is 0 Å². The summed E-state index contributed by atoms with van der Waals surface area (Å²) in [5.74, 6) is 0.351. The minimum Gasteiger partial charge on any atom is -0.391 e. The van der Waals surface area contributed by atoms with Gasteiger partial charge in [-0.05, 0) is 24.1 Å². The molecule has 0 radical (unpaired) electrons. The van der Waals surface area contributed by atoms with E-state index in [-0.39, 0.29) is 6.10 Å². The van der Waals surface area contributed by atoms with E-state index in [4.69, 9.17) is 0 Å². The molecule has 1 saturated heterocycles. The van der Waals surface area contributed by atoms with E-state index in [1.165, 1.54) is 11.1 Å². The second-order valence-corrected chi connectivity index (χ2v) is 6.46. The van der Waals surface area contributed by atoms with Crippen LogP contribution in [-0.2, 0) is 13.1 Å². The Hall–Kier alpha value is -1.68. The molecule has 1 aliphatic rings. The molecule has 1 unspecified atom stereocenters. The fraction of sp³-hybridized carbons (Fsp3) is 0.400. The predicted molar refractivity (Wildman–Crippen MR) is 94.0 cm³/mol. The van der Waals surface area contributed by atoms with Gasteiger partial charge in [0.15, 0.2) is 0 Å². The third-order valence-corrected chi connectivity index (χ3v) is 4.58. The molecular formula is C20H26N2O. The Kier molecular flexibility index (Phi) is 5.81. The van der Waals surface area contributed by atoms with E-state index in [1.807, 2.05) is 0 Å². The van der Waals surface area contributed by atoms with E-state index >= 15 is 0 Å². The van der Waals surface area contributed by atoms with E-state index in [0.29, 0.717) is 5.92 Å². The highest BCUT2D eigenvalue weighted by Crippen LogP contribution is 2.18. The molecule has 0 aliphatic carbocycles. The van der Waals surface area contributed by atoms with Gasteiger partial charge in [-0.1, -0.05) is 60.7 Å². The minimum atomic E-state index is -0.238. The largest absolute Gasteiger partial charge is 0.391 e. The SMILES string of the molecule is OC1CNCC[C@H]1CN(Cc1ccccc1)Cc1ccccc1. The molecule has 1 aliphatic heterocycles. The monoisotopic (exact) mass is 310 g/mol. The van der Waals surface area contributed by atoms with Gasteiger partial charge in [0.2, 0.25) is 0 Å². The summed E-state index contributed by atoms with van der Waals surface area (Å²) in [7, 11) is 0. The van der Waals surface area contributed by atoms with Crippen molar-refractivity contribution in [2.24, 2.45) is 5.92 Å². The lowest BCUT2D eigenvalue weighted by Gasteiger charge is -2.33. The molecule has 0 spiro atoms. The number of rotatable bonds is 6. The number of β-amino-alcohol motifs (C(OH)–C–C–N with tert-alkyl or cyclic N) is 1. The molecule has 2 aromatic carbocycles. The van der Waals surface area contributed by atoms with Crippen LogP contribution in [0.4, 0.5) is 0 Å². The quantitative estimate of drug-likeness (QED) is 0.861.